The Morgan fingerprint density at radius 3 is 2.24 bits per heavy atom. The molecular weight excluding hydrogens is 438 g/mol. The lowest BCUT2D eigenvalue weighted by Crippen LogP contribution is -2.49. The Kier molecular flexibility index (Phi) is 6.40. The smallest absolute Gasteiger partial charge is 0.262 e. The summed E-state index contributed by atoms with van der Waals surface area (Å²) in [6, 6.07) is 10.0. The number of imidazole rings is 1. The standard InChI is InChI=1S/C23H31N7O2S/c1-16(2)22-27-21(15-28(22)5)33(31,32)30-12-10-29(11-13-30)23-24-18(4)14-20(26-23)25-19-8-6-17(3)7-9-19/h6-9,14-16H,10-13H2,1-5H3,(H,24,25,26). The van der Waals surface area contributed by atoms with Crippen molar-refractivity contribution in [2.45, 2.75) is 38.6 Å². The summed E-state index contributed by atoms with van der Waals surface area (Å²) in [6.45, 7) is 9.71. The van der Waals surface area contributed by atoms with E-state index in [1.807, 2.05) is 70.0 Å². The molecule has 1 aromatic carbocycles. The first kappa shape index (κ1) is 23.2. The molecule has 1 N–H and O–H groups in total. The zero-order chi connectivity index (χ0) is 23.8. The summed E-state index contributed by atoms with van der Waals surface area (Å²) in [5, 5.41) is 3.44. The van der Waals surface area contributed by atoms with E-state index < -0.39 is 10.0 Å². The second-order valence-corrected chi connectivity index (χ2v) is 10.7. The van der Waals surface area contributed by atoms with Gasteiger partial charge in [-0.2, -0.15) is 9.29 Å². The third-order valence-electron chi connectivity index (χ3n) is 5.70. The van der Waals surface area contributed by atoms with Crippen LogP contribution >= 0.6 is 0 Å². The van der Waals surface area contributed by atoms with Crippen LogP contribution in [0.4, 0.5) is 17.5 Å². The summed E-state index contributed by atoms with van der Waals surface area (Å²) in [6.07, 6.45) is 1.60. The molecule has 10 heteroatoms. The molecule has 0 spiro atoms. The molecule has 1 saturated heterocycles. The SMILES string of the molecule is Cc1ccc(Nc2cc(C)nc(N3CCN(S(=O)(=O)c4cn(C)c(C(C)C)n4)CC3)n2)cc1. The number of aryl methyl sites for hydroxylation is 3. The maximum Gasteiger partial charge on any atom is 0.262 e. The van der Waals surface area contributed by atoms with E-state index in [-0.39, 0.29) is 10.9 Å². The highest BCUT2D eigenvalue weighted by molar-refractivity contribution is 7.89. The minimum atomic E-state index is -3.64. The molecule has 3 heterocycles. The number of piperazine rings is 1. The van der Waals surface area contributed by atoms with E-state index in [0.717, 1.165) is 17.2 Å². The molecule has 0 radical (unpaired) electrons. The number of aromatic nitrogens is 4. The van der Waals surface area contributed by atoms with Crippen molar-refractivity contribution in [3.8, 4) is 0 Å². The quantitative estimate of drug-likeness (QED) is 0.592. The molecule has 1 aliphatic heterocycles. The van der Waals surface area contributed by atoms with Gasteiger partial charge in [-0.15, -0.1) is 0 Å². The number of benzene rings is 1. The molecule has 9 nitrogen and oxygen atoms in total. The Bertz CT molecular complexity index is 1230. The highest BCUT2D eigenvalue weighted by Crippen LogP contribution is 2.23. The van der Waals surface area contributed by atoms with E-state index in [4.69, 9.17) is 0 Å². The summed E-state index contributed by atoms with van der Waals surface area (Å²) in [5.74, 6) is 2.22. The zero-order valence-electron chi connectivity index (χ0n) is 19.8. The average molecular weight is 470 g/mol. The van der Waals surface area contributed by atoms with Gasteiger partial charge in [-0.05, 0) is 26.0 Å². The van der Waals surface area contributed by atoms with Crippen molar-refractivity contribution in [2.24, 2.45) is 7.05 Å². The number of nitrogens with one attached hydrogen (secondary N) is 1. The van der Waals surface area contributed by atoms with E-state index in [9.17, 15) is 8.42 Å². The molecule has 0 unspecified atom stereocenters. The summed E-state index contributed by atoms with van der Waals surface area (Å²) >= 11 is 0. The summed E-state index contributed by atoms with van der Waals surface area (Å²) in [7, 11) is -1.81. The lowest BCUT2D eigenvalue weighted by molar-refractivity contribution is 0.381. The molecule has 4 rings (SSSR count). The van der Waals surface area contributed by atoms with Gasteiger partial charge in [-0.3, -0.25) is 0 Å². The molecule has 0 bridgehead atoms. The summed E-state index contributed by atoms with van der Waals surface area (Å²) in [5.41, 5.74) is 3.00. The van der Waals surface area contributed by atoms with Gasteiger partial charge in [0.25, 0.3) is 10.0 Å². The van der Waals surface area contributed by atoms with Crippen LogP contribution in [0.5, 0.6) is 0 Å². The van der Waals surface area contributed by atoms with E-state index in [1.54, 1.807) is 10.8 Å². The first-order chi connectivity index (χ1) is 15.6. The first-order valence-electron chi connectivity index (χ1n) is 11.1. The van der Waals surface area contributed by atoms with Crippen LogP contribution < -0.4 is 10.2 Å². The Hall–Kier alpha value is -2.98. The van der Waals surface area contributed by atoms with Gasteiger partial charge in [-0.1, -0.05) is 31.5 Å². The Morgan fingerprint density at radius 2 is 1.64 bits per heavy atom. The number of rotatable bonds is 6. The second-order valence-electron chi connectivity index (χ2n) is 8.78. The Balaban J connectivity index is 1.47. The monoisotopic (exact) mass is 469 g/mol. The molecule has 1 aliphatic rings. The van der Waals surface area contributed by atoms with Crippen LogP contribution in [0.25, 0.3) is 0 Å². The van der Waals surface area contributed by atoms with Gasteiger partial charge in [0, 0.05) is 62.8 Å². The number of hydrogen-bond donors (Lipinski definition) is 1. The van der Waals surface area contributed by atoms with E-state index >= 15 is 0 Å². The average Bonchev–Trinajstić information content (AvgIpc) is 3.18. The maximum absolute atomic E-state index is 13.1. The fourth-order valence-corrected chi connectivity index (χ4v) is 5.33. The fourth-order valence-electron chi connectivity index (χ4n) is 3.92. The van der Waals surface area contributed by atoms with Gasteiger partial charge >= 0.3 is 0 Å². The lowest BCUT2D eigenvalue weighted by Gasteiger charge is -2.33. The maximum atomic E-state index is 13.1. The van der Waals surface area contributed by atoms with Crippen molar-refractivity contribution in [1.82, 2.24) is 23.8 Å². The Morgan fingerprint density at radius 1 is 0.970 bits per heavy atom. The Labute approximate surface area is 195 Å². The predicted octanol–water partition coefficient (Wildman–Crippen LogP) is 3.20. The van der Waals surface area contributed by atoms with Crippen LogP contribution in [0.2, 0.25) is 0 Å². The van der Waals surface area contributed by atoms with E-state index in [2.05, 4.69) is 20.3 Å². The molecule has 176 valence electrons. The number of sulfonamides is 1. The van der Waals surface area contributed by atoms with Crippen molar-refractivity contribution in [2.75, 3.05) is 36.4 Å². The normalized spacial score (nSPS) is 15.3. The summed E-state index contributed by atoms with van der Waals surface area (Å²) in [4.78, 5) is 15.7. The van der Waals surface area contributed by atoms with Crippen molar-refractivity contribution in [3.05, 3.63) is 53.6 Å². The minimum Gasteiger partial charge on any atom is -0.340 e. The first-order valence-corrected chi connectivity index (χ1v) is 12.6. The van der Waals surface area contributed by atoms with Crippen molar-refractivity contribution < 1.29 is 8.42 Å². The van der Waals surface area contributed by atoms with Gasteiger partial charge in [0.05, 0.1) is 0 Å². The lowest BCUT2D eigenvalue weighted by atomic mass is 10.2. The number of hydrogen-bond acceptors (Lipinski definition) is 7. The van der Waals surface area contributed by atoms with Crippen molar-refractivity contribution >= 4 is 27.5 Å². The number of nitrogens with zero attached hydrogens (tertiary/aromatic N) is 6. The van der Waals surface area contributed by atoms with Crippen molar-refractivity contribution in [1.29, 1.82) is 0 Å². The third kappa shape index (κ3) is 5.01. The van der Waals surface area contributed by atoms with Gasteiger partial charge in [0.15, 0.2) is 5.03 Å². The topological polar surface area (TPSA) is 96.2 Å². The summed E-state index contributed by atoms with van der Waals surface area (Å²) < 4.78 is 29.6. The van der Waals surface area contributed by atoms with E-state index in [0.29, 0.717) is 37.9 Å². The zero-order valence-corrected chi connectivity index (χ0v) is 20.6. The van der Waals surface area contributed by atoms with Crippen LogP contribution in [-0.2, 0) is 17.1 Å². The second kappa shape index (κ2) is 9.11. The molecule has 1 fully saturated rings. The molecule has 33 heavy (non-hydrogen) atoms. The molecule has 2 aromatic heterocycles. The van der Waals surface area contributed by atoms with Crippen LogP contribution in [-0.4, -0.2) is 58.4 Å². The van der Waals surface area contributed by atoms with Crippen LogP contribution in [0.15, 0.2) is 41.6 Å². The molecule has 0 saturated carbocycles. The predicted molar refractivity (Wildman–Crippen MR) is 129 cm³/mol. The molecule has 0 aliphatic carbocycles. The van der Waals surface area contributed by atoms with Gasteiger partial charge in [-0.25, -0.2) is 18.4 Å². The number of anilines is 3. The van der Waals surface area contributed by atoms with E-state index in [1.165, 1.54) is 9.87 Å². The highest BCUT2D eigenvalue weighted by atomic mass is 32.2. The van der Waals surface area contributed by atoms with Crippen LogP contribution in [0, 0.1) is 13.8 Å². The van der Waals surface area contributed by atoms with Crippen LogP contribution in [0.3, 0.4) is 0 Å². The fraction of sp³-hybridized carbons (Fsp3) is 0.435. The van der Waals surface area contributed by atoms with Gasteiger partial charge in [0.2, 0.25) is 5.95 Å². The molecule has 0 atom stereocenters. The minimum absolute atomic E-state index is 0.110. The molecule has 0 amide bonds. The van der Waals surface area contributed by atoms with Gasteiger partial charge in [0.1, 0.15) is 11.6 Å². The van der Waals surface area contributed by atoms with Gasteiger partial charge < -0.3 is 14.8 Å². The third-order valence-corrected chi connectivity index (χ3v) is 7.47. The van der Waals surface area contributed by atoms with Crippen molar-refractivity contribution in [3.63, 3.8) is 0 Å². The largest absolute Gasteiger partial charge is 0.340 e. The molecular formula is C23H31N7O2S. The molecule has 3 aromatic rings. The highest BCUT2D eigenvalue weighted by Gasteiger charge is 2.32. The van der Waals surface area contributed by atoms with Crippen LogP contribution in [0.1, 0.15) is 36.8 Å².